The minimum absolute atomic E-state index is 0.516. The first kappa shape index (κ1) is 17.4. The molecule has 4 aromatic rings. The van der Waals surface area contributed by atoms with Crippen molar-refractivity contribution in [2.45, 2.75) is 0 Å². The van der Waals surface area contributed by atoms with Crippen molar-refractivity contribution < 1.29 is 4.42 Å². The van der Waals surface area contributed by atoms with Crippen LogP contribution in [0.25, 0.3) is 33.7 Å². The molecule has 0 spiro atoms. The Morgan fingerprint density at radius 2 is 1.74 bits per heavy atom. The lowest BCUT2D eigenvalue weighted by Crippen LogP contribution is -1.84. The fourth-order valence-electron chi connectivity index (χ4n) is 3.04. The summed E-state index contributed by atoms with van der Waals surface area (Å²) in [7, 11) is 0. The van der Waals surface area contributed by atoms with Crippen LogP contribution in [0.1, 0.15) is 11.3 Å². The molecule has 27 heavy (non-hydrogen) atoms. The number of halogens is 2. The van der Waals surface area contributed by atoms with Crippen molar-refractivity contribution >= 4 is 45.6 Å². The Morgan fingerprint density at radius 1 is 0.926 bits per heavy atom. The van der Waals surface area contributed by atoms with Gasteiger partial charge in [-0.3, -0.25) is 0 Å². The molecule has 0 bridgehead atoms. The first-order valence-corrected chi connectivity index (χ1v) is 9.06. The SMILES string of the molecule is N#CC(=Cc1ccc(-c2ccc(Cl)cc2Cl)o1)c1cccc2ccccc12. The van der Waals surface area contributed by atoms with Gasteiger partial charge in [0, 0.05) is 16.1 Å². The Hall–Kier alpha value is -2.99. The molecule has 0 amide bonds. The van der Waals surface area contributed by atoms with Crippen LogP contribution < -0.4 is 0 Å². The van der Waals surface area contributed by atoms with E-state index in [0.29, 0.717) is 27.1 Å². The van der Waals surface area contributed by atoms with Gasteiger partial charge >= 0.3 is 0 Å². The molecule has 0 saturated carbocycles. The third-order valence-electron chi connectivity index (χ3n) is 4.31. The molecule has 4 rings (SSSR count). The lowest BCUT2D eigenvalue weighted by atomic mass is 9.98. The highest BCUT2D eigenvalue weighted by atomic mass is 35.5. The van der Waals surface area contributed by atoms with Gasteiger partial charge in [0.25, 0.3) is 0 Å². The van der Waals surface area contributed by atoms with Crippen molar-refractivity contribution in [2.24, 2.45) is 0 Å². The Labute approximate surface area is 166 Å². The number of rotatable bonds is 3. The van der Waals surface area contributed by atoms with Crippen LogP contribution in [0.15, 0.2) is 77.2 Å². The van der Waals surface area contributed by atoms with E-state index in [0.717, 1.165) is 21.9 Å². The van der Waals surface area contributed by atoms with Crippen LogP contribution in [-0.2, 0) is 0 Å². The molecule has 0 aliphatic heterocycles. The summed E-state index contributed by atoms with van der Waals surface area (Å²) in [5.74, 6) is 1.21. The van der Waals surface area contributed by atoms with Crippen molar-refractivity contribution in [3.05, 3.63) is 94.2 Å². The molecule has 1 heterocycles. The quantitative estimate of drug-likeness (QED) is 0.340. The molecule has 0 radical (unpaired) electrons. The Bertz CT molecular complexity index is 1210. The van der Waals surface area contributed by atoms with Crippen molar-refractivity contribution in [1.82, 2.24) is 0 Å². The van der Waals surface area contributed by atoms with Gasteiger partial charge in [0.15, 0.2) is 0 Å². The average molecular weight is 390 g/mol. The van der Waals surface area contributed by atoms with E-state index in [-0.39, 0.29) is 0 Å². The normalized spacial score (nSPS) is 11.5. The van der Waals surface area contributed by atoms with E-state index in [9.17, 15) is 5.26 Å². The molecule has 3 aromatic carbocycles. The second-order valence-electron chi connectivity index (χ2n) is 6.02. The van der Waals surface area contributed by atoms with Crippen molar-refractivity contribution in [3.8, 4) is 17.4 Å². The third kappa shape index (κ3) is 3.48. The highest BCUT2D eigenvalue weighted by molar-refractivity contribution is 6.36. The van der Waals surface area contributed by atoms with Crippen molar-refractivity contribution in [2.75, 3.05) is 0 Å². The summed E-state index contributed by atoms with van der Waals surface area (Å²) in [5, 5.41) is 12.9. The number of hydrogen-bond donors (Lipinski definition) is 0. The lowest BCUT2D eigenvalue weighted by Gasteiger charge is -2.05. The highest BCUT2D eigenvalue weighted by Gasteiger charge is 2.11. The van der Waals surface area contributed by atoms with E-state index in [2.05, 4.69) is 6.07 Å². The maximum absolute atomic E-state index is 9.70. The van der Waals surface area contributed by atoms with Crippen LogP contribution in [0.2, 0.25) is 10.0 Å². The van der Waals surface area contributed by atoms with E-state index in [1.165, 1.54) is 0 Å². The van der Waals surface area contributed by atoms with E-state index in [1.807, 2.05) is 60.7 Å². The van der Waals surface area contributed by atoms with Crippen LogP contribution in [-0.4, -0.2) is 0 Å². The van der Waals surface area contributed by atoms with Gasteiger partial charge in [-0.1, -0.05) is 65.7 Å². The minimum Gasteiger partial charge on any atom is -0.457 e. The zero-order chi connectivity index (χ0) is 18.8. The summed E-state index contributed by atoms with van der Waals surface area (Å²) in [4.78, 5) is 0. The molecule has 0 aliphatic carbocycles. The molecule has 0 aliphatic rings. The summed E-state index contributed by atoms with van der Waals surface area (Å²) >= 11 is 12.2. The molecule has 0 N–H and O–H groups in total. The predicted molar refractivity (Wildman–Crippen MR) is 112 cm³/mol. The van der Waals surface area contributed by atoms with Gasteiger partial charge in [0.05, 0.1) is 16.7 Å². The average Bonchev–Trinajstić information content (AvgIpc) is 3.14. The van der Waals surface area contributed by atoms with E-state index in [4.69, 9.17) is 27.6 Å². The fourth-order valence-corrected chi connectivity index (χ4v) is 3.54. The van der Waals surface area contributed by atoms with Gasteiger partial charge in [-0.05, 0) is 47.2 Å². The number of benzene rings is 3. The molecule has 4 heteroatoms. The summed E-state index contributed by atoms with van der Waals surface area (Å²) in [6.07, 6.45) is 1.75. The Kier molecular flexibility index (Phi) is 4.73. The van der Waals surface area contributed by atoms with Gasteiger partial charge in [0.2, 0.25) is 0 Å². The maximum Gasteiger partial charge on any atom is 0.136 e. The minimum atomic E-state index is 0.516. The second kappa shape index (κ2) is 7.32. The van der Waals surface area contributed by atoms with Gasteiger partial charge in [0.1, 0.15) is 11.5 Å². The summed E-state index contributed by atoms with van der Waals surface area (Å²) < 4.78 is 5.90. The summed E-state index contributed by atoms with van der Waals surface area (Å²) in [5.41, 5.74) is 2.16. The standard InChI is InChI=1S/C23H13Cl2NO/c24-17-8-10-21(22(25)13-17)23-11-9-18(27-23)12-16(14-26)20-7-3-5-15-4-1-2-6-19(15)20/h1-13H. The molecule has 1 aromatic heterocycles. The second-order valence-corrected chi connectivity index (χ2v) is 6.87. The Morgan fingerprint density at radius 3 is 2.56 bits per heavy atom. The van der Waals surface area contributed by atoms with E-state index in [1.54, 1.807) is 18.2 Å². The van der Waals surface area contributed by atoms with Crippen LogP contribution in [0.4, 0.5) is 0 Å². The number of nitrogens with zero attached hydrogens (tertiary/aromatic N) is 1. The topological polar surface area (TPSA) is 36.9 Å². The number of hydrogen-bond acceptors (Lipinski definition) is 2. The molecule has 0 unspecified atom stereocenters. The van der Waals surface area contributed by atoms with Gasteiger partial charge < -0.3 is 4.42 Å². The third-order valence-corrected chi connectivity index (χ3v) is 4.86. The number of nitriles is 1. The number of allylic oxidation sites excluding steroid dienone is 1. The first-order valence-electron chi connectivity index (χ1n) is 8.31. The highest BCUT2D eigenvalue weighted by Crippen LogP contribution is 2.33. The molecule has 130 valence electrons. The molecular formula is C23H13Cl2NO. The predicted octanol–water partition coefficient (Wildman–Crippen LogP) is 7.47. The fraction of sp³-hybridized carbons (Fsp3) is 0. The zero-order valence-electron chi connectivity index (χ0n) is 14.1. The maximum atomic E-state index is 9.70. The number of furan rings is 1. The largest absolute Gasteiger partial charge is 0.457 e. The zero-order valence-corrected chi connectivity index (χ0v) is 15.6. The van der Waals surface area contributed by atoms with Crippen LogP contribution in [0, 0.1) is 11.3 Å². The lowest BCUT2D eigenvalue weighted by molar-refractivity contribution is 0.572. The van der Waals surface area contributed by atoms with E-state index < -0.39 is 0 Å². The molecule has 0 saturated heterocycles. The van der Waals surface area contributed by atoms with Gasteiger partial charge in [-0.25, -0.2) is 0 Å². The molecule has 2 nitrogen and oxygen atoms in total. The molecule has 0 fully saturated rings. The number of fused-ring (bicyclic) bond motifs is 1. The van der Waals surface area contributed by atoms with Gasteiger partial charge in [-0.2, -0.15) is 5.26 Å². The summed E-state index contributed by atoms with van der Waals surface area (Å²) in [6.45, 7) is 0. The van der Waals surface area contributed by atoms with Crippen LogP contribution >= 0.6 is 23.2 Å². The van der Waals surface area contributed by atoms with E-state index >= 15 is 0 Å². The summed E-state index contributed by atoms with van der Waals surface area (Å²) in [6, 6.07) is 25.1. The first-order chi connectivity index (χ1) is 13.2. The van der Waals surface area contributed by atoms with Gasteiger partial charge in [-0.15, -0.1) is 0 Å². The van der Waals surface area contributed by atoms with Crippen LogP contribution in [0.3, 0.4) is 0 Å². The monoisotopic (exact) mass is 389 g/mol. The Balaban J connectivity index is 1.76. The van der Waals surface area contributed by atoms with Crippen LogP contribution in [0.5, 0.6) is 0 Å². The molecule has 0 atom stereocenters. The molecular weight excluding hydrogens is 377 g/mol. The van der Waals surface area contributed by atoms with Crippen molar-refractivity contribution in [1.29, 1.82) is 5.26 Å². The van der Waals surface area contributed by atoms with Crippen molar-refractivity contribution in [3.63, 3.8) is 0 Å². The smallest absolute Gasteiger partial charge is 0.136 e.